The van der Waals surface area contributed by atoms with E-state index in [1.165, 1.54) is 6.07 Å². The SMILES string of the molecule is O=C(O)Cc1cc2ccccc2cc1OC(F)F. The predicted octanol–water partition coefficient (Wildman–Crippen LogP) is 3.07. The summed E-state index contributed by atoms with van der Waals surface area (Å²) in [7, 11) is 0. The highest BCUT2D eigenvalue weighted by molar-refractivity contribution is 5.86. The maximum absolute atomic E-state index is 12.3. The molecule has 0 unspecified atom stereocenters. The Morgan fingerprint density at radius 2 is 1.83 bits per heavy atom. The Morgan fingerprint density at radius 1 is 1.22 bits per heavy atom. The first-order chi connectivity index (χ1) is 8.56. The zero-order valence-corrected chi connectivity index (χ0v) is 9.27. The molecule has 0 saturated carbocycles. The summed E-state index contributed by atoms with van der Waals surface area (Å²) in [6.07, 6.45) is -0.354. The standard InChI is InChI=1S/C13H10F2O3/c14-13(15)18-11-6-9-4-2-1-3-8(9)5-10(11)7-12(16)17/h1-6,13H,7H2,(H,16,17). The summed E-state index contributed by atoms with van der Waals surface area (Å²) in [4.78, 5) is 10.7. The molecule has 0 aliphatic rings. The van der Waals surface area contributed by atoms with Crippen LogP contribution in [0.25, 0.3) is 10.8 Å². The number of carboxylic acid groups (broad SMARTS) is 1. The van der Waals surface area contributed by atoms with E-state index in [1.807, 2.05) is 0 Å². The van der Waals surface area contributed by atoms with Gasteiger partial charge in [0.15, 0.2) is 0 Å². The van der Waals surface area contributed by atoms with Crippen molar-refractivity contribution < 1.29 is 23.4 Å². The highest BCUT2D eigenvalue weighted by Crippen LogP contribution is 2.27. The van der Waals surface area contributed by atoms with Crippen LogP contribution in [0.5, 0.6) is 5.75 Å². The van der Waals surface area contributed by atoms with Gasteiger partial charge in [0, 0.05) is 5.56 Å². The van der Waals surface area contributed by atoms with Crippen molar-refractivity contribution in [3.63, 3.8) is 0 Å². The molecule has 2 aromatic rings. The summed E-state index contributed by atoms with van der Waals surface area (Å²) in [6, 6.07) is 10.1. The summed E-state index contributed by atoms with van der Waals surface area (Å²) in [5, 5.41) is 10.3. The van der Waals surface area contributed by atoms with Gasteiger partial charge in [-0.1, -0.05) is 24.3 Å². The molecular formula is C13H10F2O3. The number of carboxylic acids is 1. The number of hydrogen-bond donors (Lipinski definition) is 1. The molecule has 0 aromatic heterocycles. The monoisotopic (exact) mass is 252 g/mol. The fourth-order valence-electron chi connectivity index (χ4n) is 1.77. The Kier molecular flexibility index (Phi) is 3.41. The minimum absolute atomic E-state index is 0.0916. The van der Waals surface area contributed by atoms with Crippen LogP contribution in [-0.2, 0) is 11.2 Å². The molecule has 0 aliphatic heterocycles. The van der Waals surface area contributed by atoms with E-state index >= 15 is 0 Å². The maximum Gasteiger partial charge on any atom is 0.387 e. The minimum Gasteiger partial charge on any atom is -0.481 e. The number of hydrogen-bond acceptors (Lipinski definition) is 2. The van der Waals surface area contributed by atoms with E-state index in [0.29, 0.717) is 0 Å². The molecular weight excluding hydrogens is 242 g/mol. The van der Waals surface area contributed by atoms with E-state index < -0.39 is 12.6 Å². The van der Waals surface area contributed by atoms with Crippen molar-refractivity contribution in [3.8, 4) is 5.75 Å². The molecule has 0 bridgehead atoms. The second kappa shape index (κ2) is 5.00. The van der Waals surface area contributed by atoms with Crippen molar-refractivity contribution in [1.29, 1.82) is 0 Å². The number of benzene rings is 2. The van der Waals surface area contributed by atoms with Gasteiger partial charge in [0.25, 0.3) is 0 Å². The van der Waals surface area contributed by atoms with Crippen molar-refractivity contribution in [1.82, 2.24) is 0 Å². The molecule has 0 aliphatic carbocycles. The molecule has 94 valence electrons. The predicted molar refractivity (Wildman–Crippen MR) is 61.9 cm³/mol. The van der Waals surface area contributed by atoms with Crippen LogP contribution in [0.2, 0.25) is 0 Å². The fourth-order valence-corrected chi connectivity index (χ4v) is 1.77. The van der Waals surface area contributed by atoms with Crippen molar-refractivity contribution in [2.24, 2.45) is 0 Å². The molecule has 2 rings (SSSR count). The number of aliphatic carboxylic acids is 1. The van der Waals surface area contributed by atoms with Crippen molar-refractivity contribution in [2.45, 2.75) is 13.0 Å². The third-order valence-electron chi connectivity index (χ3n) is 2.49. The Balaban J connectivity index is 2.52. The first-order valence-corrected chi connectivity index (χ1v) is 5.24. The molecule has 5 heteroatoms. The van der Waals surface area contributed by atoms with E-state index in [9.17, 15) is 13.6 Å². The van der Waals surface area contributed by atoms with Gasteiger partial charge in [-0.15, -0.1) is 0 Å². The topological polar surface area (TPSA) is 46.5 Å². The fraction of sp³-hybridized carbons (Fsp3) is 0.154. The minimum atomic E-state index is -2.97. The van der Waals surface area contributed by atoms with Gasteiger partial charge < -0.3 is 9.84 Å². The Hall–Kier alpha value is -2.17. The van der Waals surface area contributed by atoms with Crippen LogP contribution >= 0.6 is 0 Å². The second-order valence-electron chi connectivity index (χ2n) is 3.76. The first kappa shape index (κ1) is 12.3. The van der Waals surface area contributed by atoms with Crippen LogP contribution in [0.3, 0.4) is 0 Å². The summed E-state index contributed by atoms with van der Waals surface area (Å²) < 4.78 is 28.9. The summed E-state index contributed by atoms with van der Waals surface area (Å²) in [6.45, 7) is -2.97. The molecule has 0 spiro atoms. The summed E-state index contributed by atoms with van der Waals surface area (Å²) >= 11 is 0. The van der Waals surface area contributed by atoms with E-state index in [0.717, 1.165) is 10.8 Å². The zero-order valence-electron chi connectivity index (χ0n) is 9.27. The molecule has 1 N–H and O–H groups in total. The third-order valence-corrected chi connectivity index (χ3v) is 2.49. The molecule has 0 radical (unpaired) electrons. The van der Waals surface area contributed by atoms with E-state index in [4.69, 9.17) is 5.11 Å². The van der Waals surface area contributed by atoms with E-state index in [2.05, 4.69) is 4.74 Å². The van der Waals surface area contributed by atoms with Gasteiger partial charge in [-0.2, -0.15) is 8.78 Å². The average Bonchev–Trinajstić information content (AvgIpc) is 2.28. The third kappa shape index (κ3) is 2.74. The number of fused-ring (bicyclic) bond motifs is 1. The first-order valence-electron chi connectivity index (χ1n) is 5.24. The van der Waals surface area contributed by atoms with Crippen LogP contribution in [-0.4, -0.2) is 17.7 Å². The smallest absolute Gasteiger partial charge is 0.387 e. The lowest BCUT2D eigenvalue weighted by Crippen LogP contribution is -2.07. The maximum atomic E-state index is 12.3. The van der Waals surface area contributed by atoms with Crippen LogP contribution < -0.4 is 4.74 Å². The van der Waals surface area contributed by atoms with Gasteiger partial charge in [0.1, 0.15) is 5.75 Å². The molecule has 3 nitrogen and oxygen atoms in total. The normalized spacial score (nSPS) is 10.8. The quantitative estimate of drug-likeness (QED) is 0.909. The molecule has 0 heterocycles. The van der Waals surface area contributed by atoms with Crippen molar-refractivity contribution in [2.75, 3.05) is 0 Å². The van der Waals surface area contributed by atoms with Crippen molar-refractivity contribution in [3.05, 3.63) is 42.0 Å². The molecule has 0 atom stereocenters. The molecule has 2 aromatic carbocycles. The van der Waals surface area contributed by atoms with Crippen LogP contribution in [0.15, 0.2) is 36.4 Å². The van der Waals surface area contributed by atoms with Crippen LogP contribution in [0.4, 0.5) is 8.78 Å². The van der Waals surface area contributed by atoms with E-state index in [-0.39, 0.29) is 17.7 Å². The molecule has 0 fully saturated rings. The van der Waals surface area contributed by atoms with Gasteiger partial charge in [-0.05, 0) is 22.9 Å². The number of rotatable bonds is 4. The number of ether oxygens (including phenoxy) is 1. The lowest BCUT2D eigenvalue weighted by Gasteiger charge is -2.11. The van der Waals surface area contributed by atoms with Gasteiger partial charge in [0.05, 0.1) is 6.42 Å². The molecule has 0 amide bonds. The lowest BCUT2D eigenvalue weighted by atomic mass is 10.0. The largest absolute Gasteiger partial charge is 0.481 e. The Morgan fingerprint density at radius 3 is 2.39 bits per heavy atom. The molecule has 0 saturated heterocycles. The van der Waals surface area contributed by atoms with Gasteiger partial charge in [-0.3, -0.25) is 4.79 Å². The van der Waals surface area contributed by atoms with Crippen LogP contribution in [0.1, 0.15) is 5.56 Å². The highest BCUT2D eigenvalue weighted by Gasteiger charge is 2.13. The Bertz CT molecular complexity index is 581. The summed E-state index contributed by atoms with van der Waals surface area (Å²) in [5.41, 5.74) is 0.238. The average molecular weight is 252 g/mol. The number of halogens is 2. The molecule has 18 heavy (non-hydrogen) atoms. The van der Waals surface area contributed by atoms with Crippen molar-refractivity contribution >= 4 is 16.7 Å². The number of carbonyl (C=O) groups is 1. The van der Waals surface area contributed by atoms with Gasteiger partial charge in [-0.25, -0.2) is 0 Å². The Labute approximate surface area is 102 Å². The van der Waals surface area contributed by atoms with Crippen LogP contribution in [0, 0.1) is 0 Å². The zero-order chi connectivity index (χ0) is 13.1. The number of alkyl halides is 2. The van der Waals surface area contributed by atoms with Gasteiger partial charge >= 0.3 is 12.6 Å². The second-order valence-corrected chi connectivity index (χ2v) is 3.76. The highest BCUT2D eigenvalue weighted by atomic mass is 19.3. The lowest BCUT2D eigenvalue weighted by molar-refractivity contribution is -0.136. The summed E-state index contributed by atoms with van der Waals surface area (Å²) in [5.74, 6) is -1.18. The van der Waals surface area contributed by atoms with Gasteiger partial charge in [0.2, 0.25) is 0 Å². The van der Waals surface area contributed by atoms with E-state index in [1.54, 1.807) is 30.3 Å².